The number of piperazine rings is 1. The third kappa shape index (κ3) is 4.21. The molecule has 1 N–H and O–H groups in total. The second kappa shape index (κ2) is 8.15. The molecule has 22 heavy (non-hydrogen) atoms. The van der Waals surface area contributed by atoms with E-state index in [-0.39, 0.29) is 12.0 Å². The standard InChI is InChI=1S/C17H26N2O3/c1-3-14(20)13-18-9-11-19(12-10-18)17(21)15-7-5-6-8-16(15)22-4-2/h5-8,14,20H,3-4,9-13H2,1-2H3. The van der Waals surface area contributed by atoms with Crippen LogP contribution in [0.5, 0.6) is 5.75 Å². The van der Waals surface area contributed by atoms with Crippen LogP contribution in [0.25, 0.3) is 0 Å². The summed E-state index contributed by atoms with van der Waals surface area (Å²) in [6.45, 7) is 8.12. The van der Waals surface area contributed by atoms with Crippen molar-refractivity contribution in [3.05, 3.63) is 29.8 Å². The number of hydrogen-bond acceptors (Lipinski definition) is 4. The summed E-state index contributed by atoms with van der Waals surface area (Å²) in [5, 5.41) is 9.72. The van der Waals surface area contributed by atoms with Crippen molar-refractivity contribution < 1.29 is 14.6 Å². The monoisotopic (exact) mass is 306 g/mol. The summed E-state index contributed by atoms with van der Waals surface area (Å²) in [6, 6.07) is 7.40. The van der Waals surface area contributed by atoms with Gasteiger partial charge in [0.25, 0.3) is 5.91 Å². The molecular weight excluding hydrogens is 280 g/mol. The largest absolute Gasteiger partial charge is 0.493 e. The number of nitrogens with zero attached hydrogens (tertiary/aromatic N) is 2. The van der Waals surface area contributed by atoms with Crippen molar-refractivity contribution in [2.75, 3.05) is 39.3 Å². The van der Waals surface area contributed by atoms with E-state index in [0.717, 1.165) is 19.5 Å². The number of hydrogen-bond donors (Lipinski definition) is 1. The number of carbonyl (C=O) groups excluding carboxylic acids is 1. The highest BCUT2D eigenvalue weighted by atomic mass is 16.5. The Morgan fingerprint density at radius 1 is 1.23 bits per heavy atom. The Labute approximate surface area is 132 Å². The third-order valence-electron chi connectivity index (χ3n) is 4.02. The zero-order chi connectivity index (χ0) is 15.9. The van der Waals surface area contributed by atoms with Gasteiger partial charge in [-0.2, -0.15) is 0 Å². The average molecular weight is 306 g/mol. The van der Waals surface area contributed by atoms with E-state index in [4.69, 9.17) is 4.74 Å². The highest BCUT2D eigenvalue weighted by Crippen LogP contribution is 2.20. The van der Waals surface area contributed by atoms with Crippen molar-refractivity contribution in [1.29, 1.82) is 0 Å². The smallest absolute Gasteiger partial charge is 0.257 e. The normalized spacial score (nSPS) is 17.3. The lowest BCUT2D eigenvalue weighted by Gasteiger charge is -2.35. The van der Waals surface area contributed by atoms with Crippen LogP contribution in [0.2, 0.25) is 0 Å². The molecule has 5 nitrogen and oxygen atoms in total. The topological polar surface area (TPSA) is 53.0 Å². The van der Waals surface area contributed by atoms with Gasteiger partial charge in [-0.1, -0.05) is 19.1 Å². The van der Waals surface area contributed by atoms with E-state index in [2.05, 4.69) is 4.90 Å². The van der Waals surface area contributed by atoms with E-state index < -0.39 is 0 Å². The van der Waals surface area contributed by atoms with Crippen LogP contribution in [0.1, 0.15) is 30.6 Å². The lowest BCUT2D eigenvalue weighted by atomic mass is 10.1. The summed E-state index contributed by atoms with van der Waals surface area (Å²) >= 11 is 0. The minimum absolute atomic E-state index is 0.0275. The SMILES string of the molecule is CCOc1ccccc1C(=O)N1CCN(CC(O)CC)CC1. The molecule has 122 valence electrons. The fourth-order valence-corrected chi connectivity index (χ4v) is 2.66. The zero-order valence-electron chi connectivity index (χ0n) is 13.5. The Balaban J connectivity index is 1.95. The first kappa shape index (κ1) is 16.8. The van der Waals surface area contributed by atoms with Crippen LogP contribution in [0.15, 0.2) is 24.3 Å². The third-order valence-corrected chi connectivity index (χ3v) is 4.02. The number of carbonyl (C=O) groups is 1. The summed E-state index contributed by atoms with van der Waals surface area (Å²) in [5.74, 6) is 0.679. The molecule has 0 bridgehead atoms. The fourth-order valence-electron chi connectivity index (χ4n) is 2.66. The summed E-state index contributed by atoms with van der Waals surface area (Å²) in [7, 11) is 0. The van der Waals surface area contributed by atoms with Crippen LogP contribution in [0.3, 0.4) is 0 Å². The molecule has 1 saturated heterocycles. The van der Waals surface area contributed by atoms with Gasteiger partial charge in [0.05, 0.1) is 18.3 Å². The number of aliphatic hydroxyl groups excluding tert-OH is 1. The number of aliphatic hydroxyl groups is 1. The summed E-state index contributed by atoms with van der Waals surface area (Å²) < 4.78 is 5.55. The van der Waals surface area contributed by atoms with E-state index in [1.807, 2.05) is 43.0 Å². The summed E-state index contributed by atoms with van der Waals surface area (Å²) in [5.41, 5.74) is 0.631. The number of β-amino-alcohol motifs (C(OH)–C–C–N with tert-alkyl or cyclic N) is 1. The minimum atomic E-state index is -0.277. The molecule has 0 saturated carbocycles. The van der Waals surface area contributed by atoms with E-state index in [0.29, 0.717) is 37.6 Å². The first-order chi connectivity index (χ1) is 10.7. The van der Waals surface area contributed by atoms with Gasteiger partial charge < -0.3 is 14.7 Å². The molecule has 1 unspecified atom stereocenters. The zero-order valence-corrected chi connectivity index (χ0v) is 13.5. The maximum Gasteiger partial charge on any atom is 0.257 e. The van der Waals surface area contributed by atoms with Crippen molar-refractivity contribution in [3.8, 4) is 5.75 Å². The molecule has 5 heteroatoms. The Bertz CT molecular complexity index is 485. The average Bonchev–Trinajstić information content (AvgIpc) is 2.55. The first-order valence-electron chi connectivity index (χ1n) is 8.07. The molecule has 1 aliphatic rings. The summed E-state index contributed by atoms with van der Waals surface area (Å²) in [4.78, 5) is 16.7. The summed E-state index contributed by atoms with van der Waals surface area (Å²) in [6.07, 6.45) is 0.488. The number of amides is 1. The van der Waals surface area contributed by atoms with Gasteiger partial charge in [-0.3, -0.25) is 9.69 Å². The molecule has 0 aromatic heterocycles. The van der Waals surface area contributed by atoms with Gasteiger partial charge in [0.2, 0.25) is 0 Å². The van der Waals surface area contributed by atoms with Crippen molar-refractivity contribution in [1.82, 2.24) is 9.80 Å². The van der Waals surface area contributed by atoms with Crippen LogP contribution in [0, 0.1) is 0 Å². The predicted molar refractivity (Wildman–Crippen MR) is 86.3 cm³/mol. The molecule has 0 spiro atoms. The molecular formula is C17H26N2O3. The number of ether oxygens (including phenoxy) is 1. The molecule has 1 aliphatic heterocycles. The van der Waals surface area contributed by atoms with Crippen molar-refractivity contribution in [2.45, 2.75) is 26.4 Å². The lowest BCUT2D eigenvalue weighted by molar-refractivity contribution is 0.0521. The molecule has 1 atom stereocenters. The van der Waals surface area contributed by atoms with E-state index in [1.165, 1.54) is 0 Å². The molecule has 0 radical (unpaired) electrons. The Kier molecular flexibility index (Phi) is 6.21. The van der Waals surface area contributed by atoms with Crippen LogP contribution in [-0.4, -0.2) is 66.2 Å². The van der Waals surface area contributed by atoms with Gasteiger partial charge in [-0.15, -0.1) is 0 Å². The van der Waals surface area contributed by atoms with Gasteiger partial charge in [0.15, 0.2) is 0 Å². The van der Waals surface area contributed by atoms with Gasteiger partial charge in [0.1, 0.15) is 5.75 Å². The van der Waals surface area contributed by atoms with Crippen molar-refractivity contribution in [3.63, 3.8) is 0 Å². The fraction of sp³-hybridized carbons (Fsp3) is 0.588. The highest BCUT2D eigenvalue weighted by molar-refractivity contribution is 5.97. The second-order valence-corrected chi connectivity index (χ2v) is 5.58. The molecule has 1 aromatic carbocycles. The van der Waals surface area contributed by atoms with Crippen LogP contribution >= 0.6 is 0 Å². The maximum atomic E-state index is 12.7. The number of benzene rings is 1. The van der Waals surface area contributed by atoms with Crippen LogP contribution in [0.4, 0.5) is 0 Å². The number of para-hydroxylation sites is 1. The van der Waals surface area contributed by atoms with Gasteiger partial charge >= 0.3 is 0 Å². The molecule has 1 fully saturated rings. The van der Waals surface area contributed by atoms with E-state index >= 15 is 0 Å². The highest BCUT2D eigenvalue weighted by Gasteiger charge is 2.24. The molecule has 2 rings (SSSR count). The quantitative estimate of drug-likeness (QED) is 0.867. The van der Waals surface area contributed by atoms with Gasteiger partial charge in [0, 0.05) is 32.7 Å². The van der Waals surface area contributed by atoms with Crippen LogP contribution < -0.4 is 4.74 Å². The van der Waals surface area contributed by atoms with Gasteiger partial charge in [-0.05, 0) is 25.5 Å². The Morgan fingerprint density at radius 2 is 1.91 bits per heavy atom. The van der Waals surface area contributed by atoms with Crippen molar-refractivity contribution in [2.24, 2.45) is 0 Å². The maximum absolute atomic E-state index is 12.7. The Morgan fingerprint density at radius 3 is 2.55 bits per heavy atom. The number of rotatable bonds is 6. The van der Waals surface area contributed by atoms with E-state index in [9.17, 15) is 9.90 Å². The minimum Gasteiger partial charge on any atom is -0.493 e. The second-order valence-electron chi connectivity index (χ2n) is 5.58. The van der Waals surface area contributed by atoms with Crippen LogP contribution in [-0.2, 0) is 0 Å². The molecule has 0 aliphatic carbocycles. The molecule has 1 amide bonds. The predicted octanol–water partition coefficient (Wildman–Crippen LogP) is 1.61. The van der Waals surface area contributed by atoms with Gasteiger partial charge in [-0.25, -0.2) is 0 Å². The Hall–Kier alpha value is -1.59. The molecule has 1 heterocycles. The lowest BCUT2D eigenvalue weighted by Crippen LogP contribution is -2.50. The molecule has 1 aromatic rings. The van der Waals surface area contributed by atoms with Crippen molar-refractivity contribution >= 4 is 5.91 Å². The van der Waals surface area contributed by atoms with E-state index in [1.54, 1.807) is 0 Å². The first-order valence-corrected chi connectivity index (χ1v) is 8.07.